The highest BCUT2D eigenvalue weighted by molar-refractivity contribution is 5.91. The van der Waals surface area contributed by atoms with E-state index in [1.165, 1.54) is 5.56 Å². The molecule has 142 valence electrons. The van der Waals surface area contributed by atoms with Gasteiger partial charge >= 0.3 is 0 Å². The van der Waals surface area contributed by atoms with Crippen molar-refractivity contribution in [3.05, 3.63) is 66.2 Å². The summed E-state index contributed by atoms with van der Waals surface area (Å²) in [7, 11) is 1.62. The minimum atomic E-state index is -0.00675. The molecule has 2 aromatic carbocycles. The van der Waals surface area contributed by atoms with Gasteiger partial charge in [0.25, 0.3) is 0 Å². The fraction of sp³-hybridized carbons (Fsp3) is 0.318. The average molecular weight is 366 g/mol. The van der Waals surface area contributed by atoms with E-state index in [1.54, 1.807) is 7.11 Å². The first-order chi connectivity index (χ1) is 13.2. The van der Waals surface area contributed by atoms with Crippen molar-refractivity contribution in [2.45, 2.75) is 12.5 Å². The van der Waals surface area contributed by atoms with E-state index in [0.717, 1.165) is 24.5 Å². The van der Waals surface area contributed by atoms with Crippen molar-refractivity contribution in [3.8, 4) is 5.75 Å². The minimum Gasteiger partial charge on any atom is -0.497 e. The quantitative estimate of drug-likeness (QED) is 0.816. The Hall–Kier alpha value is -2.63. The third-order valence-electron chi connectivity index (χ3n) is 4.59. The molecule has 1 atom stereocenters. The first-order valence-electron chi connectivity index (χ1n) is 9.22. The summed E-state index contributed by atoms with van der Waals surface area (Å²) in [6.07, 6.45) is 4.67. The van der Waals surface area contributed by atoms with E-state index in [1.807, 2.05) is 42.5 Å². The number of nitrogens with one attached hydrogen (secondary N) is 1. The molecule has 2 aromatic rings. The zero-order valence-corrected chi connectivity index (χ0v) is 15.6. The zero-order chi connectivity index (χ0) is 18.9. The topological polar surface area (TPSA) is 50.8 Å². The lowest BCUT2D eigenvalue weighted by Crippen LogP contribution is -2.47. The second-order valence-electron chi connectivity index (χ2n) is 6.52. The van der Waals surface area contributed by atoms with Crippen LogP contribution in [0.2, 0.25) is 0 Å². The fourth-order valence-corrected chi connectivity index (χ4v) is 3.11. The molecule has 1 saturated heterocycles. The van der Waals surface area contributed by atoms with Crippen molar-refractivity contribution in [1.82, 2.24) is 4.90 Å². The van der Waals surface area contributed by atoms with Crippen molar-refractivity contribution in [3.63, 3.8) is 0 Å². The third kappa shape index (κ3) is 5.94. The summed E-state index contributed by atoms with van der Waals surface area (Å²) in [5.41, 5.74) is 1.95. The lowest BCUT2D eigenvalue weighted by Gasteiger charge is -2.34. The van der Waals surface area contributed by atoms with Gasteiger partial charge in [-0.15, -0.1) is 0 Å². The largest absolute Gasteiger partial charge is 0.497 e. The highest BCUT2D eigenvalue weighted by Crippen LogP contribution is 2.17. The maximum atomic E-state index is 12.4. The number of hydrogen-bond acceptors (Lipinski definition) is 4. The van der Waals surface area contributed by atoms with Crippen LogP contribution in [0.25, 0.3) is 6.08 Å². The van der Waals surface area contributed by atoms with E-state index in [-0.39, 0.29) is 11.9 Å². The summed E-state index contributed by atoms with van der Waals surface area (Å²) in [6.45, 7) is 2.92. The van der Waals surface area contributed by atoms with Crippen LogP contribution in [0.15, 0.2) is 60.7 Å². The Morgan fingerprint density at radius 3 is 2.74 bits per heavy atom. The summed E-state index contributed by atoms with van der Waals surface area (Å²) in [4.78, 5) is 14.7. The lowest BCUT2D eigenvalue weighted by atomic mass is 10.1. The van der Waals surface area contributed by atoms with Gasteiger partial charge in [-0.3, -0.25) is 9.69 Å². The molecule has 1 N–H and O–H groups in total. The molecule has 1 unspecified atom stereocenters. The number of ether oxygens (including phenoxy) is 2. The summed E-state index contributed by atoms with van der Waals surface area (Å²) < 4.78 is 10.7. The molecule has 0 spiro atoms. The van der Waals surface area contributed by atoms with Crippen LogP contribution in [-0.4, -0.2) is 50.3 Å². The second-order valence-corrected chi connectivity index (χ2v) is 6.52. The lowest BCUT2D eigenvalue weighted by molar-refractivity contribution is -0.119. The number of amides is 1. The van der Waals surface area contributed by atoms with Crippen molar-refractivity contribution >= 4 is 17.7 Å². The monoisotopic (exact) mass is 366 g/mol. The van der Waals surface area contributed by atoms with Gasteiger partial charge in [-0.25, -0.2) is 0 Å². The predicted molar refractivity (Wildman–Crippen MR) is 108 cm³/mol. The molecule has 1 heterocycles. The predicted octanol–water partition coefficient (Wildman–Crippen LogP) is 3.44. The molecule has 0 saturated carbocycles. The minimum absolute atomic E-state index is 0.00675. The number of benzene rings is 2. The SMILES string of the molecule is COc1ccc(NC(=O)CC2COCCN2CC=Cc2ccccc2)cc1. The van der Waals surface area contributed by atoms with Crippen LogP contribution in [0, 0.1) is 0 Å². The standard InChI is InChI=1S/C22H26N2O3/c1-26-21-11-9-19(10-12-21)23-22(25)16-20-17-27-15-14-24(20)13-5-8-18-6-3-2-4-7-18/h2-12,20H,13-17H2,1H3,(H,23,25). The first kappa shape index (κ1) is 19.1. The Morgan fingerprint density at radius 1 is 1.22 bits per heavy atom. The molecular weight excluding hydrogens is 340 g/mol. The molecule has 1 fully saturated rings. The Labute approximate surface area is 160 Å². The van der Waals surface area contributed by atoms with E-state index in [2.05, 4.69) is 34.5 Å². The number of anilines is 1. The van der Waals surface area contributed by atoms with Gasteiger partial charge in [0.05, 0.1) is 20.3 Å². The Kier molecular flexibility index (Phi) is 7.02. The van der Waals surface area contributed by atoms with Crippen LogP contribution in [-0.2, 0) is 9.53 Å². The first-order valence-corrected chi connectivity index (χ1v) is 9.22. The molecule has 1 amide bonds. The van der Waals surface area contributed by atoms with Gasteiger partial charge in [0, 0.05) is 31.2 Å². The molecule has 0 aliphatic carbocycles. The molecule has 27 heavy (non-hydrogen) atoms. The van der Waals surface area contributed by atoms with Gasteiger partial charge in [-0.2, -0.15) is 0 Å². The highest BCUT2D eigenvalue weighted by atomic mass is 16.5. The van der Waals surface area contributed by atoms with Crippen LogP contribution < -0.4 is 10.1 Å². The second kappa shape index (κ2) is 9.90. The number of rotatable bonds is 7. The zero-order valence-electron chi connectivity index (χ0n) is 15.6. The van der Waals surface area contributed by atoms with E-state index < -0.39 is 0 Å². The highest BCUT2D eigenvalue weighted by Gasteiger charge is 2.24. The smallest absolute Gasteiger partial charge is 0.226 e. The molecule has 0 aromatic heterocycles. The van der Waals surface area contributed by atoms with E-state index >= 15 is 0 Å². The molecule has 0 bridgehead atoms. The summed E-state index contributed by atoms with van der Waals surface area (Å²) in [5, 5.41) is 2.95. The van der Waals surface area contributed by atoms with Gasteiger partial charge < -0.3 is 14.8 Å². The van der Waals surface area contributed by atoms with Gasteiger partial charge in [0.15, 0.2) is 0 Å². The molecule has 1 aliphatic rings. The van der Waals surface area contributed by atoms with Gasteiger partial charge in [-0.05, 0) is 29.8 Å². The molecule has 1 aliphatic heterocycles. The van der Waals surface area contributed by atoms with Gasteiger partial charge in [0.2, 0.25) is 5.91 Å². The van der Waals surface area contributed by atoms with Crippen LogP contribution in [0.1, 0.15) is 12.0 Å². The van der Waals surface area contributed by atoms with Crippen molar-refractivity contribution in [1.29, 1.82) is 0 Å². The number of carbonyl (C=O) groups excluding carboxylic acids is 1. The Balaban J connectivity index is 1.53. The molecule has 3 rings (SSSR count). The van der Waals surface area contributed by atoms with Gasteiger partial charge in [-0.1, -0.05) is 42.5 Å². The molecular formula is C22H26N2O3. The average Bonchev–Trinajstić information content (AvgIpc) is 2.70. The van der Waals surface area contributed by atoms with Crippen LogP contribution in [0.3, 0.4) is 0 Å². The third-order valence-corrected chi connectivity index (χ3v) is 4.59. The van der Waals surface area contributed by atoms with Crippen molar-refractivity contribution in [2.75, 3.05) is 38.7 Å². The van der Waals surface area contributed by atoms with Crippen molar-refractivity contribution in [2.24, 2.45) is 0 Å². The van der Waals surface area contributed by atoms with E-state index in [9.17, 15) is 4.79 Å². The normalized spacial score (nSPS) is 17.7. The fourth-order valence-electron chi connectivity index (χ4n) is 3.11. The number of carbonyl (C=O) groups is 1. The van der Waals surface area contributed by atoms with Crippen LogP contribution in [0.5, 0.6) is 5.75 Å². The van der Waals surface area contributed by atoms with Gasteiger partial charge in [0.1, 0.15) is 5.75 Å². The summed E-state index contributed by atoms with van der Waals surface area (Å²) >= 11 is 0. The molecule has 0 radical (unpaired) electrons. The van der Waals surface area contributed by atoms with E-state index in [4.69, 9.17) is 9.47 Å². The molecule has 5 nitrogen and oxygen atoms in total. The maximum Gasteiger partial charge on any atom is 0.226 e. The Bertz CT molecular complexity index is 744. The summed E-state index contributed by atoms with van der Waals surface area (Å²) in [5.74, 6) is 0.762. The number of morpholine rings is 1. The Morgan fingerprint density at radius 2 is 2.00 bits per heavy atom. The number of hydrogen-bond donors (Lipinski definition) is 1. The van der Waals surface area contributed by atoms with E-state index in [0.29, 0.717) is 19.6 Å². The van der Waals surface area contributed by atoms with Crippen LogP contribution in [0.4, 0.5) is 5.69 Å². The number of methoxy groups -OCH3 is 1. The molecule has 5 heteroatoms. The van der Waals surface area contributed by atoms with Crippen molar-refractivity contribution < 1.29 is 14.3 Å². The maximum absolute atomic E-state index is 12.4. The summed E-state index contributed by atoms with van der Waals surface area (Å²) in [6, 6.07) is 17.7. The number of nitrogens with zero attached hydrogens (tertiary/aromatic N) is 1. The van der Waals surface area contributed by atoms with Crippen LogP contribution >= 0.6 is 0 Å².